The van der Waals surface area contributed by atoms with Gasteiger partial charge in [-0.2, -0.15) is 4.31 Å². The van der Waals surface area contributed by atoms with E-state index in [-0.39, 0.29) is 32.1 Å². The van der Waals surface area contributed by atoms with Gasteiger partial charge >= 0.3 is 0 Å². The number of carbonyl (C=O) groups is 1. The summed E-state index contributed by atoms with van der Waals surface area (Å²) in [6, 6.07) is 5.86. The smallest absolute Gasteiger partial charge is 0.246 e. The summed E-state index contributed by atoms with van der Waals surface area (Å²) < 4.78 is 58.4. The Morgan fingerprint density at radius 3 is 2.41 bits per heavy atom. The summed E-state index contributed by atoms with van der Waals surface area (Å²) >= 11 is 0. The topological polar surface area (TPSA) is 70.8 Å². The second kappa shape index (κ2) is 7.61. The van der Waals surface area contributed by atoms with Crippen molar-refractivity contribution in [3.63, 3.8) is 0 Å². The van der Waals surface area contributed by atoms with E-state index in [1.807, 2.05) is 0 Å². The third-order valence-corrected chi connectivity index (χ3v) is 6.15. The standard InChI is InChI=1S/C18H18F2N2O4S/c1-13-2-4-15(26-13)5-7-18(23)21-8-10-22(11-9-21)27(24,25)17-6-3-14(19)12-16(17)20/h2-7,12H,8-11H2,1H3/b7-5+. The maximum absolute atomic E-state index is 13.8. The zero-order chi connectivity index (χ0) is 19.6. The molecule has 1 aromatic heterocycles. The minimum absolute atomic E-state index is 0.0264. The Balaban J connectivity index is 1.64. The van der Waals surface area contributed by atoms with Gasteiger partial charge in [0.1, 0.15) is 28.1 Å². The number of furan rings is 1. The van der Waals surface area contributed by atoms with E-state index in [2.05, 4.69) is 0 Å². The predicted octanol–water partition coefficient (Wildman–Crippen LogP) is 2.41. The SMILES string of the molecule is Cc1ccc(/C=C/C(=O)N2CCN(S(=O)(=O)c3ccc(F)cc3F)CC2)o1. The number of rotatable bonds is 4. The van der Waals surface area contributed by atoms with Crippen molar-refractivity contribution in [2.24, 2.45) is 0 Å². The van der Waals surface area contributed by atoms with E-state index in [1.165, 1.54) is 11.0 Å². The van der Waals surface area contributed by atoms with E-state index in [9.17, 15) is 22.0 Å². The van der Waals surface area contributed by atoms with Crippen LogP contribution in [0.15, 0.2) is 45.7 Å². The first-order valence-electron chi connectivity index (χ1n) is 8.26. The van der Waals surface area contributed by atoms with Crippen LogP contribution >= 0.6 is 0 Å². The normalized spacial score (nSPS) is 16.2. The van der Waals surface area contributed by atoms with Crippen molar-refractivity contribution in [1.82, 2.24) is 9.21 Å². The van der Waals surface area contributed by atoms with E-state index >= 15 is 0 Å². The minimum Gasteiger partial charge on any atom is -0.462 e. The van der Waals surface area contributed by atoms with Crippen molar-refractivity contribution in [2.45, 2.75) is 11.8 Å². The molecule has 2 heterocycles. The van der Waals surface area contributed by atoms with Gasteiger partial charge in [-0.1, -0.05) is 0 Å². The van der Waals surface area contributed by atoms with Gasteiger partial charge in [-0.25, -0.2) is 17.2 Å². The zero-order valence-electron chi connectivity index (χ0n) is 14.6. The van der Waals surface area contributed by atoms with Crippen LogP contribution in [0.2, 0.25) is 0 Å². The number of sulfonamides is 1. The highest BCUT2D eigenvalue weighted by atomic mass is 32.2. The average molecular weight is 396 g/mol. The van der Waals surface area contributed by atoms with Gasteiger partial charge in [-0.3, -0.25) is 4.79 Å². The molecule has 144 valence electrons. The maximum Gasteiger partial charge on any atom is 0.246 e. The Hall–Kier alpha value is -2.52. The van der Waals surface area contributed by atoms with E-state index in [4.69, 9.17) is 4.42 Å². The molecule has 0 N–H and O–H groups in total. The molecule has 3 rings (SSSR count). The summed E-state index contributed by atoms with van der Waals surface area (Å²) in [5, 5.41) is 0. The fourth-order valence-electron chi connectivity index (χ4n) is 2.77. The molecule has 1 aliphatic heterocycles. The van der Waals surface area contributed by atoms with Crippen molar-refractivity contribution in [2.75, 3.05) is 26.2 Å². The number of hydrogen-bond acceptors (Lipinski definition) is 4. The molecular weight excluding hydrogens is 378 g/mol. The number of amides is 1. The molecular formula is C18H18F2N2O4S. The molecule has 1 saturated heterocycles. The van der Waals surface area contributed by atoms with Gasteiger partial charge in [0.15, 0.2) is 0 Å². The number of hydrogen-bond donors (Lipinski definition) is 0. The van der Waals surface area contributed by atoms with Crippen LogP contribution in [-0.2, 0) is 14.8 Å². The van der Waals surface area contributed by atoms with Crippen molar-refractivity contribution in [3.8, 4) is 0 Å². The van der Waals surface area contributed by atoms with Gasteiger partial charge in [-0.05, 0) is 37.3 Å². The third kappa shape index (κ3) is 4.25. The van der Waals surface area contributed by atoms with Crippen molar-refractivity contribution in [1.29, 1.82) is 0 Å². The highest BCUT2D eigenvalue weighted by molar-refractivity contribution is 7.89. The summed E-state index contributed by atoms with van der Waals surface area (Å²) in [4.78, 5) is 13.2. The lowest BCUT2D eigenvalue weighted by atomic mass is 10.3. The van der Waals surface area contributed by atoms with Gasteiger partial charge in [0.25, 0.3) is 0 Å². The Bertz CT molecular complexity index is 977. The lowest BCUT2D eigenvalue weighted by molar-refractivity contribution is -0.127. The van der Waals surface area contributed by atoms with E-state index in [1.54, 1.807) is 25.1 Å². The number of halogens is 2. The molecule has 0 saturated carbocycles. The monoisotopic (exact) mass is 396 g/mol. The number of nitrogens with zero attached hydrogens (tertiary/aromatic N) is 2. The number of aryl methyl sites for hydroxylation is 1. The van der Waals surface area contributed by atoms with Crippen LogP contribution < -0.4 is 0 Å². The Labute approximate surface area is 155 Å². The fourth-order valence-corrected chi connectivity index (χ4v) is 4.24. The number of piperazine rings is 1. The molecule has 6 nitrogen and oxygen atoms in total. The fraction of sp³-hybridized carbons (Fsp3) is 0.278. The summed E-state index contributed by atoms with van der Waals surface area (Å²) in [7, 11) is -4.09. The highest BCUT2D eigenvalue weighted by Gasteiger charge is 2.31. The van der Waals surface area contributed by atoms with Crippen LogP contribution in [0.5, 0.6) is 0 Å². The van der Waals surface area contributed by atoms with Gasteiger partial charge in [-0.15, -0.1) is 0 Å². The second-order valence-electron chi connectivity index (χ2n) is 6.09. The Kier molecular flexibility index (Phi) is 5.43. The first-order chi connectivity index (χ1) is 12.8. The van der Waals surface area contributed by atoms with Crippen LogP contribution in [0.1, 0.15) is 11.5 Å². The van der Waals surface area contributed by atoms with E-state index in [0.717, 1.165) is 22.2 Å². The molecule has 0 aliphatic carbocycles. The third-order valence-electron chi connectivity index (χ3n) is 4.21. The van der Waals surface area contributed by atoms with Crippen molar-refractivity contribution in [3.05, 3.63) is 59.6 Å². The van der Waals surface area contributed by atoms with Gasteiger partial charge < -0.3 is 9.32 Å². The summed E-state index contributed by atoms with van der Waals surface area (Å²) in [5.41, 5.74) is 0. The zero-order valence-corrected chi connectivity index (χ0v) is 15.4. The molecule has 9 heteroatoms. The van der Waals surface area contributed by atoms with Crippen LogP contribution in [-0.4, -0.2) is 49.7 Å². The lowest BCUT2D eigenvalue weighted by Gasteiger charge is -2.33. The molecule has 0 bridgehead atoms. The first-order valence-corrected chi connectivity index (χ1v) is 9.70. The van der Waals surface area contributed by atoms with Crippen LogP contribution in [0.3, 0.4) is 0 Å². The summed E-state index contributed by atoms with van der Waals surface area (Å²) in [6.07, 6.45) is 2.91. The minimum atomic E-state index is -4.09. The molecule has 1 aliphatic rings. The van der Waals surface area contributed by atoms with Crippen LogP contribution in [0.4, 0.5) is 8.78 Å². The molecule has 1 amide bonds. The second-order valence-corrected chi connectivity index (χ2v) is 7.99. The van der Waals surface area contributed by atoms with Crippen LogP contribution in [0, 0.1) is 18.6 Å². The molecule has 1 aromatic carbocycles. The predicted molar refractivity (Wildman–Crippen MR) is 94.2 cm³/mol. The largest absolute Gasteiger partial charge is 0.462 e. The molecule has 0 atom stereocenters. The highest BCUT2D eigenvalue weighted by Crippen LogP contribution is 2.21. The molecule has 27 heavy (non-hydrogen) atoms. The van der Waals surface area contributed by atoms with E-state index < -0.39 is 26.6 Å². The first kappa shape index (κ1) is 19.2. The van der Waals surface area contributed by atoms with Crippen molar-refractivity contribution >= 4 is 22.0 Å². The maximum atomic E-state index is 13.8. The Morgan fingerprint density at radius 2 is 1.81 bits per heavy atom. The van der Waals surface area contributed by atoms with Crippen molar-refractivity contribution < 1.29 is 26.4 Å². The molecule has 0 spiro atoms. The van der Waals surface area contributed by atoms with Gasteiger partial charge in [0.2, 0.25) is 15.9 Å². The summed E-state index contributed by atoms with van der Waals surface area (Å²) in [6.45, 7) is 2.19. The quantitative estimate of drug-likeness (QED) is 0.745. The summed E-state index contributed by atoms with van der Waals surface area (Å²) in [5.74, 6) is -0.970. The van der Waals surface area contributed by atoms with Gasteiger partial charge in [0.05, 0.1) is 0 Å². The average Bonchev–Trinajstić information content (AvgIpc) is 3.05. The molecule has 0 unspecified atom stereocenters. The van der Waals surface area contributed by atoms with E-state index in [0.29, 0.717) is 11.8 Å². The Morgan fingerprint density at radius 1 is 1.11 bits per heavy atom. The number of benzene rings is 1. The van der Waals surface area contributed by atoms with Crippen LogP contribution in [0.25, 0.3) is 6.08 Å². The molecule has 1 fully saturated rings. The molecule has 0 radical (unpaired) electrons. The lowest BCUT2D eigenvalue weighted by Crippen LogP contribution is -2.50. The number of carbonyl (C=O) groups excluding carboxylic acids is 1. The van der Waals surface area contributed by atoms with Gasteiger partial charge in [0, 0.05) is 38.3 Å². The molecule has 2 aromatic rings.